The largest absolute Gasteiger partial charge is 0.496 e. The van der Waals surface area contributed by atoms with Crippen LogP contribution in [0.15, 0.2) is 64.3 Å². The maximum Gasteiger partial charge on any atom is 0.494 e. The number of aryl methyl sites for hydroxylation is 1. The molecule has 0 saturated heterocycles. The van der Waals surface area contributed by atoms with Gasteiger partial charge in [-0.3, -0.25) is 0 Å². The van der Waals surface area contributed by atoms with Crippen molar-refractivity contribution in [2.45, 2.75) is 64.0 Å². The number of carbonyl (C=O) groups excluding carboxylic acids is 1. The number of carbonyl (C=O) groups is 1. The van der Waals surface area contributed by atoms with Crippen molar-refractivity contribution in [2.75, 3.05) is 20.3 Å². The summed E-state index contributed by atoms with van der Waals surface area (Å²) in [5.41, 5.74) is 1.17. The van der Waals surface area contributed by atoms with Crippen LogP contribution in [0.1, 0.15) is 44.6 Å². The molecule has 3 rings (SSSR count). The predicted octanol–water partition coefficient (Wildman–Crippen LogP) is 7.86. The molecule has 14 heteroatoms. The Morgan fingerprint density at radius 1 is 0.911 bits per heavy atom. The highest BCUT2D eigenvalue weighted by Crippen LogP contribution is 2.36. The average molecular weight is 647 g/mol. The van der Waals surface area contributed by atoms with E-state index in [-0.39, 0.29) is 16.9 Å². The molecule has 0 spiro atoms. The molecule has 1 aromatic heterocycles. The van der Waals surface area contributed by atoms with Crippen LogP contribution in [0.4, 0.5) is 26.3 Å². The van der Waals surface area contributed by atoms with Gasteiger partial charge in [-0.2, -0.15) is 17.6 Å². The fourth-order valence-corrected chi connectivity index (χ4v) is 4.15. The molecule has 8 nitrogen and oxygen atoms in total. The molecule has 45 heavy (non-hydrogen) atoms. The molecule has 0 aliphatic carbocycles. The van der Waals surface area contributed by atoms with Gasteiger partial charge < -0.3 is 18.6 Å². The van der Waals surface area contributed by atoms with Crippen LogP contribution in [0.2, 0.25) is 0 Å². The van der Waals surface area contributed by atoms with Gasteiger partial charge in [-0.05, 0) is 42.7 Å². The number of benzene rings is 2. The monoisotopic (exact) mass is 646 g/mol. The second-order valence-corrected chi connectivity index (χ2v) is 9.80. The zero-order valence-corrected chi connectivity index (χ0v) is 24.5. The molecule has 1 heterocycles. The lowest BCUT2D eigenvalue weighted by molar-refractivity contribution is -0.514. The number of esters is 1. The fraction of sp³-hybridized carbons (Fsp3) is 0.419. The van der Waals surface area contributed by atoms with Gasteiger partial charge >= 0.3 is 30.1 Å². The maximum absolute atomic E-state index is 14.0. The van der Waals surface area contributed by atoms with E-state index in [1.165, 1.54) is 25.3 Å². The highest BCUT2D eigenvalue weighted by atomic mass is 19.3. The Hall–Kier alpha value is -4.04. The van der Waals surface area contributed by atoms with E-state index in [0.717, 1.165) is 31.2 Å². The summed E-state index contributed by atoms with van der Waals surface area (Å²) in [6.07, 6.45) is -13.1. The summed E-state index contributed by atoms with van der Waals surface area (Å²) in [4.78, 5) is 23.7. The third-order valence-electron chi connectivity index (χ3n) is 6.33. The summed E-state index contributed by atoms with van der Waals surface area (Å²) in [6, 6.07) is 11.2. The van der Waals surface area contributed by atoms with Crippen molar-refractivity contribution in [3.8, 4) is 22.6 Å². The van der Waals surface area contributed by atoms with Gasteiger partial charge in [0.25, 0.3) is 0 Å². The van der Waals surface area contributed by atoms with Gasteiger partial charge in [-0.25, -0.2) is 19.1 Å². The summed E-state index contributed by atoms with van der Waals surface area (Å²) in [5, 5.41) is 0.469. The molecule has 0 aliphatic heterocycles. The van der Waals surface area contributed by atoms with Crippen molar-refractivity contribution >= 4 is 16.9 Å². The zero-order valence-electron chi connectivity index (χ0n) is 24.5. The minimum Gasteiger partial charge on any atom is -0.496 e. The van der Waals surface area contributed by atoms with Gasteiger partial charge in [0.1, 0.15) is 17.1 Å². The zero-order chi connectivity index (χ0) is 33.3. The van der Waals surface area contributed by atoms with Crippen LogP contribution in [-0.4, -0.2) is 44.8 Å². The second-order valence-electron chi connectivity index (χ2n) is 9.80. The predicted molar refractivity (Wildman–Crippen MR) is 151 cm³/mol. The van der Waals surface area contributed by atoms with E-state index in [1.807, 2.05) is 12.1 Å². The number of halogens is 6. The summed E-state index contributed by atoms with van der Waals surface area (Å²) in [7, 11) is 1.49. The standard InChI is InChI=1S/C31H32F6O8/c1-4-6-7-8-20-9-12-23(26(17-20)40-3)24-18-21-10-11-22(19-25(21)43-28(24)39)41-15-13-29(32,33)44-31(36,37)45-30(34,35)14-16-42-27(38)5-2/h5,9-12,17-19H,2,4,6-8,13-16H2,1,3H3. The number of unbranched alkanes of at least 4 members (excludes halogenated alkanes) is 2. The van der Waals surface area contributed by atoms with Crippen molar-refractivity contribution in [2.24, 2.45) is 0 Å². The number of rotatable bonds is 18. The third-order valence-corrected chi connectivity index (χ3v) is 6.33. The van der Waals surface area contributed by atoms with E-state index in [9.17, 15) is 35.9 Å². The first kappa shape index (κ1) is 35.4. The Bertz CT molecular complexity index is 1520. The molecule has 0 bridgehead atoms. The lowest BCUT2D eigenvalue weighted by atomic mass is 10.00. The average Bonchev–Trinajstić information content (AvgIpc) is 2.95. The molecule has 0 fully saturated rings. The van der Waals surface area contributed by atoms with E-state index < -0.39 is 56.2 Å². The van der Waals surface area contributed by atoms with Crippen LogP contribution < -0.4 is 15.1 Å². The van der Waals surface area contributed by atoms with Crippen LogP contribution in [-0.2, 0) is 25.4 Å². The quantitative estimate of drug-likeness (QED) is 0.0345. The summed E-state index contributed by atoms with van der Waals surface area (Å²) in [6.45, 7) is 3.18. The lowest BCUT2D eigenvalue weighted by Gasteiger charge is -2.26. The minimum atomic E-state index is -5.41. The Balaban J connectivity index is 1.62. The van der Waals surface area contributed by atoms with E-state index >= 15 is 0 Å². The van der Waals surface area contributed by atoms with Crippen molar-refractivity contribution in [1.29, 1.82) is 0 Å². The van der Waals surface area contributed by atoms with E-state index in [2.05, 4.69) is 27.7 Å². The van der Waals surface area contributed by atoms with Gasteiger partial charge in [0.15, 0.2) is 0 Å². The van der Waals surface area contributed by atoms with Gasteiger partial charge in [-0.1, -0.05) is 38.5 Å². The molecule has 0 N–H and O–H groups in total. The van der Waals surface area contributed by atoms with Crippen molar-refractivity contribution in [1.82, 2.24) is 0 Å². The molecule has 2 aromatic carbocycles. The second kappa shape index (κ2) is 15.3. The summed E-state index contributed by atoms with van der Waals surface area (Å²) >= 11 is 0. The number of hydrogen-bond acceptors (Lipinski definition) is 8. The maximum atomic E-state index is 14.0. The molecule has 0 amide bonds. The molecule has 0 aliphatic rings. The Morgan fingerprint density at radius 2 is 1.60 bits per heavy atom. The van der Waals surface area contributed by atoms with Crippen LogP contribution in [0.25, 0.3) is 22.1 Å². The summed E-state index contributed by atoms with van der Waals surface area (Å²) < 4.78 is 109. The third kappa shape index (κ3) is 10.8. The molecular weight excluding hydrogens is 614 g/mol. The first-order chi connectivity index (χ1) is 21.2. The highest BCUT2D eigenvalue weighted by Gasteiger charge is 2.52. The van der Waals surface area contributed by atoms with Gasteiger partial charge in [-0.15, -0.1) is 8.78 Å². The first-order valence-corrected chi connectivity index (χ1v) is 13.9. The molecule has 246 valence electrons. The number of methoxy groups -OCH3 is 1. The molecule has 0 radical (unpaired) electrons. The molecule has 0 unspecified atom stereocenters. The molecule has 3 aromatic rings. The van der Waals surface area contributed by atoms with Gasteiger partial charge in [0.05, 0.1) is 38.7 Å². The van der Waals surface area contributed by atoms with Gasteiger partial charge in [0, 0.05) is 23.1 Å². The Morgan fingerprint density at radius 3 is 2.24 bits per heavy atom. The van der Waals surface area contributed by atoms with Gasteiger partial charge in [0.2, 0.25) is 0 Å². The molecule has 0 atom stereocenters. The Labute approximate surface area is 254 Å². The molecule has 0 saturated carbocycles. The van der Waals surface area contributed by atoms with Crippen LogP contribution in [0.3, 0.4) is 0 Å². The fourth-order valence-electron chi connectivity index (χ4n) is 4.15. The summed E-state index contributed by atoms with van der Waals surface area (Å²) in [5.74, 6) is -0.655. The van der Waals surface area contributed by atoms with E-state index in [1.54, 1.807) is 12.1 Å². The number of fused-ring (bicyclic) bond motifs is 1. The highest BCUT2D eigenvalue weighted by molar-refractivity contribution is 5.84. The van der Waals surface area contributed by atoms with Crippen LogP contribution in [0.5, 0.6) is 11.5 Å². The minimum absolute atomic E-state index is 0.0492. The topological polar surface area (TPSA) is 93.4 Å². The van der Waals surface area contributed by atoms with E-state index in [0.29, 0.717) is 22.8 Å². The number of hydrogen-bond donors (Lipinski definition) is 0. The van der Waals surface area contributed by atoms with Crippen LogP contribution in [0, 0.1) is 0 Å². The first-order valence-electron chi connectivity index (χ1n) is 13.9. The smallest absolute Gasteiger partial charge is 0.494 e. The SMILES string of the molecule is C=CC(=O)OCCC(F)(F)OC(F)(F)OC(F)(F)CCOc1ccc2cc(-c3ccc(CCCCC)cc3OC)c(=O)oc2c1. The lowest BCUT2D eigenvalue weighted by Crippen LogP contribution is -2.41. The number of ether oxygens (including phenoxy) is 5. The number of alkyl halides is 6. The Kier molecular flexibility index (Phi) is 12.1. The van der Waals surface area contributed by atoms with Crippen LogP contribution >= 0.6 is 0 Å². The van der Waals surface area contributed by atoms with Crippen molar-refractivity contribution in [3.05, 3.63) is 71.1 Å². The molecular formula is C31H32F6O8. The van der Waals surface area contributed by atoms with Crippen molar-refractivity contribution in [3.63, 3.8) is 0 Å². The van der Waals surface area contributed by atoms with E-state index in [4.69, 9.17) is 13.9 Å². The van der Waals surface area contributed by atoms with Crippen molar-refractivity contribution < 1.29 is 59.2 Å². The normalized spacial score (nSPS) is 12.3.